The van der Waals surface area contributed by atoms with Crippen LogP contribution in [-0.4, -0.2) is 32.3 Å². The fourth-order valence-electron chi connectivity index (χ4n) is 2.57. The molecule has 0 bridgehead atoms. The SMILES string of the molecule is C=CCn1c(COc2ccc(F)cc2)nnc1SCC(=O)Nc1ccc(C(N)=O)cc1. The molecule has 2 amide bonds. The van der Waals surface area contributed by atoms with Crippen molar-refractivity contribution in [2.45, 2.75) is 18.3 Å². The number of halogens is 1. The molecule has 0 saturated carbocycles. The summed E-state index contributed by atoms with van der Waals surface area (Å²) in [6, 6.07) is 12.0. The van der Waals surface area contributed by atoms with Crippen molar-refractivity contribution in [3.8, 4) is 5.75 Å². The molecule has 0 saturated heterocycles. The number of anilines is 1. The smallest absolute Gasteiger partial charge is 0.248 e. The van der Waals surface area contributed by atoms with Gasteiger partial charge in [-0.05, 0) is 48.5 Å². The van der Waals surface area contributed by atoms with Crippen molar-refractivity contribution in [1.29, 1.82) is 0 Å². The van der Waals surface area contributed by atoms with E-state index in [9.17, 15) is 14.0 Å². The van der Waals surface area contributed by atoms with Crippen LogP contribution in [0.1, 0.15) is 16.2 Å². The Kier molecular flexibility index (Phi) is 7.39. The Balaban J connectivity index is 1.58. The maximum Gasteiger partial charge on any atom is 0.248 e. The van der Waals surface area contributed by atoms with Gasteiger partial charge in [-0.1, -0.05) is 17.8 Å². The molecule has 3 aromatic rings. The molecular formula is C21H20FN5O3S. The number of benzene rings is 2. The molecule has 160 valence electrons. The van der Waals surface area contributed by atoms with E-state index in [2.05, 4.69) is 22.1 Å². The largest absolute Gasteiger partial charge is 0.486 e. The summed E-state index contributed by atoms with van der Waals surface area (Å²) in [6.45, 7) is 4.30. The zero-order valence-corrected chi connectivity index (χ0v) is 17.3. The fraction of sp³-hybridized carbons (Fsp3) is 0.143. The molecule has 1 aromatic heterocycles. The molecule has 3 N–H and O–H groups in total. The molecule has 0 aliphatic carbocycles. The topological polar surface area (TPSA) is 112 Å². The van der Waals surface area contributed by atoms with Gasteiger partial charge in [0.05, 0.1) is 5.75 Å². The summed E-state index contributed by atoms with van der Waals surface area (Å²) in [5.74, 6) is 0.0389. The second kappa shape index (κ2) is 10.4. The second-order valence-electron chi connectivity index (χ2n) is 6.32. The number of hydrogen-bond donors (Lipinski definition) is 2. The van der Waals surface area contributed by atoms with Gasteiger partial charge in [-0.3, -0.25) is 14.2 Å². The lowest BCUT2D eigenvalue weighted by Gasteiger charge is -2.09. The Hall–Kier alpha value is -3.66. The number of rotatable bonds is 10. The first-order chi connectivity index (χ1) is 15.0. The first kappa shape index (κ1) is 22.0. The normalized spacial score (nSPS) is 10.5. The summed E-state index contributed by atoms with van der Waals surface area (Å²) in [4.78, 5) is 23.4. The predicted molar refractivity (Wildman–Crippen MR) is 115 cm³/mol. The molecule has 0 spiro atoms. The van der Waals surface area contributed by atoms with E-state index in [-0.39, 0.29) is 24.1 Å². The number of carbonyl (C=O) groups excluding carboxylic acids is 2. The molecule has 0 aliphatic heterocycles. The number of ether oxygens (including phenoxy) is 1. The Morgan fingerprint density at radius 2 is 1.87 bits per heavy atom. The Morgan fingerprint density at radius 3 is 2.52 bits per heavy atom. The Bertz CT molecular complexity index is 1070. The lowest BCUT2D eigenvalue weighted by atomic mass is 10.2. The summed E-state index contributed by atoms with van der Waals surface area (Å²) in [6.07, 6.45) is 1.69. The van der Waals surface area contributed by atoms with Crippen molar-refractivity contribution in [2.24, 2.45) is 5.73 Å². The van der Waals surface area contributed by atoms with Crippen LogP contribution in [-0.2, 0) is 17.9 Å². The third kappa shape index (κ3) is 6.16. The van der Waals surface area contributed by atoms with Crippen LogP contribution in [0.5, 0.6) is 5.75 Å². The van der Waals surface area contributed by atoms with E-state index in [0.29, 0.717) is 34.5 Å². The Labute approximate surface area is 182 Å². The van der Waals surface area contributed by atoms with Crippen LogP contribution in [0.15, 0.2) is 66.3 Å². The molecule has 1 heterocycles. The summed E-state index contributed by atoms with van der Waals surface area (Å²) >= 11 is 1.22. The van der Waals surface area contributed by atoms with Crippen LogP contribution < -0.4 is 15.8 Å². The molecule has 0 atom stereocenters. The van der Waals surface area contributed by atoms with E-state index in [0.717, 1.165) is 0 Å². The van der Waals surface area contributed by atoms with E-state index in [1.54, 1.807) is 34.9 Å². The van der Waals surface area contributed by atoms with Crippen LogP contribution in [0.3, 0.4) is 0 Å². The number of hydrogen-bond acceptors (Lipinski definition) is 6. The van der Waals surface area contributed by atoms with Crippen LogP contribution in [0.4, 0.5) is 10.1 Å². The monoisotopic (exact) mass is 441 g/mol. The summed E-state index contributed by atoms with van der Waals surface area (Å²) < 4.78 is 20.4. The first-order valence-electron chi connectivity index (χ1n) is 9.20. The van der Waals surface area contributed by atoms with Gasteiger partial charge in [-0.25, -0.2) is 4.39 Å². The number of thioether (sulfide) groups is 1. The van der Waals surface area contributed by atoms with Crippen molar-refractivity contribution in [3.05, 3.63) is 78.4 Å². The molecule has 0 unspecified atom stereocenters. The quantitative estimate of drug-likeness (QED) is 0.369. The highest BCUT2D eigenvalue weighted by atomic mass is 32.2. The molecule has 0 radical (unpaired) electrons. The maximum absolute atomic E-state index is 13.0. The van der Waals surface area contributed by atoms with Gasteiger partial charge < -0.3 is 15.8 Å². The molecule has 0 fully saturated rings. The molecule has 8 nitrogen and oxygen atoms in total. The molecule has 10 heteroatoms. The van der Waals surface area contributed by atoms with Crippen LogP contribution >= 0.6 is 11.8 Å². The van der Waals surface area contributed by atoms with Gasteiger partial charge in [-0.2, -0.15) is 0 Å². The highest BCUT2D eigenvalue weighted by Crippen LogP contribution is 2.20. The molecule has 31 heavy (non-hydrogen) atoms. The van der Waals surface area contributed by atoms with Crippen molar-refractivity contribution in [1.82, 2.24) is 14.8 Å². The average molecular weight is 441 g/mol. The van der Waals surface area contributed by atoms with Crippen molar-refractivity contribution in [2.75, 3.05) is 11.1 Å². The van der Waals surface area contributed by atoms with E-state index < -0.39 is 5.91 Å². The minimum absolute atomic E-state index is 0.103. The first-order valence-corrected chi connectivity index (χ1v) is 10.2. The number of primary amides is 1. The number of allylic oxidation sites excluding steroid dienone is 1. The third-order valence-electron chi connectivity index (χ3n) is 4.07. The van der Waals surface area contributed by atoms with E-state index in [1.807, 2.05) is 0 Å². The zero-order chi connectivity index (χ0) is 22.2. The maximum atomic E-state index is 13.0. The van der Waals surface area contributed by atoms with Gasteiger partial charge in [0.2, 0.25) is 11.8 Å². The molecule has 3 rings (SSSR count). The van der Waals surface area contributed by atoms with Crippen molar-refractivity contribution in [3.63, 3.8) is 0 Å². The summed E-state index contributed by atoms with van der Waals surface area (Å²) in [7, 11) is 0. The molecule has 2 aromatic carbocycles. The van der Waals surface area contributed by atoms with Gasteiger partial charge in [0.15, 0.2) is 11.0 Å². The van der Waals surface area contributed by atoms with Crippen molar-refractivity contribution < 1.29 is 18.7 Å². The number of nitrogens with two attached hydrogens (primary N) is 1. The van der Waals surface area contributed by atoms with E-state index in [1.165, 1.54) is 36.0 Å². The summed E-state index contributed by atoms with van der Waals surface area (Å²) in [5, 5.41) is 11.5. The van der Waals surface area contributed by atoms with Gasteiger partial charge in [0.25, 0.3) is 0 Å². The Morgan fingerprint density at radius 1 is 1.16 bits per heavy atom. The van der Waals surface area contributed by atoms with Gasteiger partial charge in [0.1, 0.15) is 18.2 Å². The average Bonchev–Trinajstić information content (AvgIpc) is 3.14. The number of aromatic nitrogens is 3. The number of nitrogens with zero attached hydrogens (tertiary/aromatic N) is 3. The van der Waals surface area contributed by atoms with Crippen LogP contribution in [0, 0.1) is 5.82 Å². The minimum Gasteiger partial charge on any atom is -0.486 e. The van der Waals surface area contributed by atoms with E-state index >= 15 is 0 Å². The third-order valence-corrected chi connectivity index (χ3v) is 5.04. The number of amides is 2. The standard InChI is InChI=1S/C21H20FN5O3S/c1-2-11-27-18(12-30-17-9-5-15(22)6-10-17)25-26-21(27)31-13-19(28)24-16-7-3-14(4-8-16)20(23)29/h2-10H,1,11-13H2,(H2,23,29)(H,24,28). The van der Waals surface area contributed by atoms with Gasteiger partial charge >= 0.3 is 0 Å². The minimum atomic E-state index is -0.533. The van der Waals surface area contributed by atoms with Crippen molar-refractivity contribution >= 4 is 29.3 Å². The second-order valence-corrected chi connectivity index (χ2v) is 7.26. The summed E-state index contributed by atoms with van der Waals surface area (Å²) in [5.41, 5.74) is 6.12. The molecule has 0 aliphatic rings. The van der Waals surface area contributed by atoms with Gasteiger partial charge in [-0.15, -0.1) is 16.8 Å². The van der Waals surface area contributed by atoms with Gasteiger partial charge in [0, 0.05) is 17.8 Å². The highest BCUT2D eigenvalue weighted by Gasteiger charge is 2.14. The predicted octanol–water partition coefficient (Wildman–Crippen LogP) is 3.01. The molecular weight excluding hydrogens is 421 g/mol. The highest BCUT2D eigenvalue weighted by molar-refractivity contribution is 7.99. The lowest BCUT2D eigenvalue weighted by Crippen LogP contribution is -2.15. The number of nitrogens with one attached hydrogen (secondary N) is 1. The fourth-order valence-corrected chi connectivity index (χ4v) is 3.34. The van der Waals surface area contributed by atoms with Crippen LogP contribution in [0.2, 0.25) is 0 Å². The van der Waals surface area contributed by atoms with Crippen LogP contribution in [0.25, 0.3) is 0 Å². The number of carbonyl (C=O) groups is 2. The lowest BCUT2D eigenvalue weighted by molar-refractivity contribution is -0.113. The van der Waals surface area contributed by atoms with E-state index in [4.69, 9.17) is 10.5 Å². The zero-order valence-electron chi connectivity index (χ0n) is 16.5.